The summed E-state index contributed by atoms with van der Waals surface area (Å²) in [7, 11) is 2.19. The Labute approximate surface area is 614 Å². The number of aliphatic hydroxyl groups is 2. The van der Waals surface area contributed by atoms with E-state index in [0.29, 0.717) is 59.1 Å². The number of carbonyl (C=O) groups is 7. The number of fused-ring (bicyclic) bond motifs is 2. The van der Waals surface area contributed by atoms with E-state index >= 15 is 0 Å². The van der Waals surface area contributed by atoms with Crippen molar-refractivity contribution in [3.8, 4) is 32.9 Å². The van der Waals surface area contributed by atoms with Gasteiger partial charge in [0, 0.05) is 47.2 Å². The zero-order chi connectivity index (χ0) is 74.2. The van der Waals surface area contributed by atoms with Gasteiger partial charge in [-0.25, -0.2) is 41.6 Å². The highest BCUT2D eigenvalue weighted by atomic mass is 35.5. The monoisotopic (exact) mass is 1510 g/mol. The van der Waals surface area contributed by atoms with Gasteiger partial charge in [-0.3, -0.25) is 38.2 Å². The molecule has 4 aliphatic carbocycles. The Morgan fingerprint density at radius 2 is 1.01 bits per heavy atom. The van der Waals surface area contributed by atoms with Crippen molar-refractivity contribution < 1.29 is 74.8 Å². The van der Waals surface area contributed by atoms with Crippen molar-refractivity contribution in [3.05, 3.63) is 109 Å². The smallest absolute Gasteiger partial charge is 0.408 e. The molecule has 0 bridgehead atoms. The van der Waals surface area contributed by atoms with Crippen molar-refractivity contribution >= 4 is 141 Å². The molecule has 6 aliphatic rings. The third kappa shape index (κ3) is 18.2. The number of para-hydroxylation sites is 4. The standard InChI is InChI=1S/C36H44N6O9S2.C31H36N6O7S2.B3.ClH/c1-7-20-18-36(20,32(45)41-53(48,49)22-14-15-22)40-29(43)25-17-21(19-42(25)31(44)28(35(5,6)47)39-33(46)51-34(2,3)4)50-30-27(26-13-10-16-52-26)37-23-11-8-9-12-24(23)38-30;1-4-17-15-31(17,29(40)36-46(42,43)19-11-12-19)35-26(38)22-14-18(16-37(22)28(39)25(32)30(2,3)41)44-27-24(23-10-7-13-45-23)33-20-8-5-6-9-21(20)34-27;1-3-2;/h7-13,16,20-22,25,28,47H,1,14-15,17-19H2,2-6H3,(H,39,46)(H,40,43)(H,41,45);4-10,13,17-19,22,25,41H,1,11-12,14-16,32H2,2-3H3,(H,35,38)(H,36,40);;1H/t20-,21-,25+,28-,36-;17-,18-,22+,25-,31-;;/m11../s1. The molecule has 6 aromatic rings. The zero-order valence-corrected chi connectivity index (χ0v) is 61.7. The Morgan fingerprint density at radius 3 is 1.33 bits per heavy atom. The van der Waals surface area contributed by atoms with Crippen LogP contribution in [0.5, 0.6) is 11.8 Å². The van der Waals surface area contributed by atoms with Crippen molar-refractivity contribution in [2.24, 2.45) is 17.6 Å². The molecule has 4 aromatic heterocycles. The van der Waals surface area contributed by atoms with E-state index in [0.717, 1.165) is 16.8 Å². The predicted octanol–water partition coefficient (Wildman–Crippen LogP) is 3.79. The van der Waals surface area contributed by atoms with Gasteiger partial charge in [-0.1, -0.05) is 48.6 Å². The number of nitrogens with two attached hydrogens (primary N) is 1. The van der Waals surface area contributed by atoms with Crippen LogP contribution in [-0.2, 0) is 53.6 Å². The highest BCUT2D eigenvalue weighted by Gasteiger charge is 2.64. The van der Waals surface area contributed by atoms with Crippen LogP contribution in [0.4, 0.5) is 4.79 Å². The van der Waals surface area contributed by atoms with Crippen LogP contribution in [0.1, 0.15) is 99.8 Å². The van der Waals surface area contributed by atoms with E-state index in [1.54, 1.807) is 32.9 Å². The van der Waals surface area contributed by atoms with Crippen LogP contribution in [0.3, 0.4) is 0 Å². The molecule has 9 N–H and O–H groups in total. The van der Waals surface area contributed by atoms with Gasteiger partial charge in [0.25, 0.3) is 11.8 Å². The summed E-state index contributed by atoms with van der Waals surface area (Å²) >= 11 is 2.89. The molecular formula is C67H81B3ClN12O16S4. The summed E-state index contributed by atoms with van der Waals surface area (Å²) in [4.78, 5) is 119. The SMILES string of the molecule is C=C[C@@H]1C[C@]1(NC(=O)[C@@H]1C[C@@H](Oc2nc3ccccc3nc2-c2cccs2)CN1C(=O)[C@@H](N)C(C)(C)O)C(=O)NS(=O)(=O)C1CC1.C=C[C@@H]1C[C@]1(NC(=O)[C@@H]1C[C@@H](Oc2nc3ccccc3nc2-c2cccs2)CN1C(=O)[C@@H](NC(=O)OC(C)(C)C)C(C)(C)O)C(=O)NS(=O)(=O)C1CC1.Cl.[B][B][B]. The third-order valence-corrected chi connectivity index (χ3v) is 23.4. The number of amides is 7. The number of nitrogens with zero attached hydrogens (tertiary/aromatic N) is 6. The van der Waals surface area contributed by atoms with Gasteiger partial charge in [0.15, 0.2) is 0 Å². The van der Waals surface area contributed by atoms with Crippen LogP contribution in [-0.4, -0.2) is 209 Å². The lowest BCUT2D eigenvalue weighted by atomic mass is 9.40. The van der Waals surface area contributed by atoms with Gasteiger partial charge < -0.3 is 55.9 Å². The van der Waals surface area contributed by atoms with E-state index in [9.17, 15) is 60.6 Å². The summed E-state index contributed by atoms with van der Waals surface area (Å²) in [5, 5.41) is 32.1. The first-order chi connectivity index (χ1) is 48.0. The van der Waals surface area contributed by atoms with E-state index in [4.69, 9.17) is 39.9 Å². The van der Waals surface area contributed by atoms with Gasteiger partial charge in [0.2, 0.25) is 55.4 Å². The second-order valence-corrected chi connectivity index (χ2v) is 33.9. The molecule has 0 spiro atoms. The summed E-state index contributed by atoms with van der Waals surface area (Å²) in [5.74, 6) is -5.37. The van der Waals surface area contributed by atoms with Crippen molar-refractivity contribution in [1.82, 2.24) is 55.1 Å². The second kappa shape index (κ2) is 31.0. The second-order valence-electron chi connectivity index (χ2n) is 28.1. The summed E-state index contributed by atoms with van der Waals surface area (Å²) in [6, 6.07) is 16.7. The van der Waals surface area contributed by atoms with Crippen LogP contribution in [0.2, 0.25) is 0 Å². The molecule has 36 heteroatoms. The summed E-state index contributed by atoms with van der Waals surface area (Å²) in [6.07, 6.45) is 2.36. The van der Waals surface area contributed by atoms with Crippen LogP contribution in [0.25, 0.3) is 43.2 Å². The van der Waals surface area contributed by atoms with Gasteiger partial charge in [0.1, 0.15) is 64.4 Å². The van der Waals surface area contributed by atoms with Gasteiger partial charge >= 0.3 is 6.09 Å². The van der Waals surface area contributed by atoms with Gasteiger partial charge in [0.05, 0.1) is 66.6 Å². The molecule has 10 atom stereocenters. The van der Waals surface area contributed by atoms with Gasteiger partial charge in [-0.15, -0.1) is 48.2 Å². The number of ether oxygens (including phenoxy) is 3. The maximum absolute atomic E-state index is 14.4. The minimum absolute atomic E-state index is 0. The molecule has 4 saturated carbocycles. The summed E-state index contributed by atoms with van der Waals surface area (Å²) < 4.78 is 72.9. The first-order valence-electron chi connectivity index (χ1n) is 33.0. The molecule has 2 saturated heterocycles. The number of nitrogens with one attached hydrogen (secondary N) is 5. The fourth-order valence-electron chi connectivity index (χ4n) is 12.0. The zero-order valence-electron chi connectivity index (χ0n) is 57.6. The lowest BCUT2D eigenvalue weighted by molar-refractivity contribution is -0.145. The number of hydrogen-bond donors (Lipinski definition) is 8. The Balaban J connectivity index is 0.000000230. The molecule has 2 aromatic carbocycles. The van der Waals surface area contributed by atoms with E-state index in [2.05, 4.69) is 54.0 Å². The molecule has 545 valence electrons. The first-order valence-corrected chi connectivity index (χ1v) is 37.8. The largest absolute Gasteiger partial charge is 0.471 e. The average molecular weight is 1510 g/mol. The highest BCUT2D eigenvalue weighted by Crippen LogP contribution is 2.47. The number of sulfonamides is 2. The number of halogens is 1. The molecule has 2 aliphatic heterocycles. The number of likely N-dealkylation sites (tertiary alicyclic amines) is 2. The van der Waals surface area contributed by atoms with Gasteiger partial charge in [-0.05, 0) is 134 Å². The molecule has 12 rings (SSSR count). The van der Waals surface area contributed by atoms with Crippen LogP contribution in [0.15, 0.2) is 109 Å². The number of carbonyl (C=O) groups excluding carboxylic acids is 7. The molecule has 103 heavy (non-hydrogen) atoms. The summed E-state index contributed by atoms with van der Waals surface area (Å²) in [6.45, 7) is 17.6. The van der Waals surface area contributed by atoms with Crippen LogP contribution < -0.4 is 40.6 Å². The van der Waals surface area contributed by atoms with E-state index < -0.39 is 148 Å². The molecule has 28 nitrogen and oxygen atoms in total. The normalized spacial score (nSPS) is 23.4. The van der Waals surface area contributed by atoms with Crippen molar-refractivity contribution in [1.29, 1.82) is 0 Å². The Bertz CT molecular complexity index is 4450. The number of hydrogen-bond acceptors (Lipinski definition) is 23. The molecule has 5 radical (unpaired) electrons. The van der Waals surface area contributed by atoms with E-state index in [-0.39, 0.29) is 62.9 Å². The number of aromatic nitrogens is 4. The number of alkyl carbamates (subject to hydrolysis) is 1. The van der Waals surface area contributed by atoms with Crippen LogP contribution in [0, 0.1) is 11.8 Å². The lowest BCUT2D eigenvalue weighted by Crippen LogP contribution is -2.62. The molecule has 7 amide bonds. The quantitative estimate of drug-likeness (QED) is 0.0334. The fourth-order valence-corrected chi connectivity index (χ4v) is 16.1. The highest BCUT2D eigenvalue weighted by molar-refractivity contribution is 7.91. The Morgan fingerprint density at radius 1 is 0.631 bits per heavy atom. The van der Waals surface area contributed by atoms with Gasteiger partial charge in [-0.2, -0.15) is 0 Å². The summed E-state index contributed by atoms with van der Waals surface area (Å²) in [5.41, 5.74) is 2.08. The molecule has 6 heterocycles. The first kappa shape index (κ1) is 79.1. The maximum atomic E-state index is 14.4. The van der Waals surface area contributed by atoms with Crippen molar-refractivity contribution in [2.45, 2.75) is 175 Å². The minimum atomic E-state index is -3.94. The molecular weight excluding hydrogens is 1420 g/mol. The van der Waals surface area contributed by atoms with Crippen LogP contribution >= 0.6 is 35.1 Å². The Kier molecular flexibility index (Phi) is 23.8. The molecule has 6 fully saturated rings. The van der Waals surface area contributed by atoms with Crippen molar-refractivity contribution in [2.75, 3.05) is 13.1 Å². The van der Waals surface area contributed by atoms with E-state index in [1.807, 2.05) is 71.4 Å². The van der Waals surface area contributed by atoms with Crippen molar-refractivity contribution in [3.63, 3.8) is 0 Å². The number of benzene rings is 2. The predicted molar refractivity (Wildman–Crippen MR) is 392 cm³/mol. The average Bonchev–Trinajstić information content (AvgIpc) is 1.58. The molecule has 0 unspecified atom stereocenters. The third-order valence-electron chi connectivity index (χ3n) is 18.0. The topological polar surface area (TPSA) is 400 Å². The Hall–Kier alpha value is -8.05. The van der Waals surface area contributed by atoms with E-state index in [1.165, 1.54) is 72.3 Å². The number of rotatable bonds is 23. The minimum Gasteiger partial charge on any atom is -0.471 e. The maximum Gasteiger partial charge on any atom is 0.408 e. The number of thiophene rings is 2. The lowest BCUT2D eigenvalue weighted by Gasteiger charge is -2.35. The fraction of sp³-hybridized carbons (Fsp3) is 0.478.